The Labute approximate surface area is 90.2 Å². The average Bonchev–Trinajstić information content (AvgIpc) is 2.25. The van der Waals surface area contributed by atoms with E-state index in [0.717, 1.165) is 24.6 Å². The summed E-state index contributed by atoms with van der Waals surface area (Å²) in [5.74, 6) is 0.719. The van der Waals surface area contributed by atoms with Gasteiger partial charge in [0.05, 0.1) is 5.69 Å². The highest BCUT2D eigenvalue weighted by atomic mass is 16.3. The van der Waals surface area contributed by atoms with Gasteiger partial charge in [0, 0.05) is 33.4 Å². The molecule has 5 heteroatoms. The normalized spacial score (nSPS) is 10.3. The summed E-state index contributed by atoms with van der Waals surface area (Å²) >= 11 is 0. The largest absolute Gasteiger partial charge is 0.396 e. The van der Waals surface area contributed by atoms with Crippen LogP contribution in [-0.4, -0.2) is 42.3 Å². The highest BCUT2D eigenvalue weighted by Crippen LogP contribution is 2.02. The van der Waals surface area contributed by atoms with Crippen molar-refractivity contribution in [3.63, 3.8) is 0 Å². The van der Waals surface area contributed by atoms with Crippen LogP contribution in [0.4, 0.5) is 5.95 Å². The van der Waals surface area contributed by atoms with E-state index >= 15 is 0 Å². The van der Waals surface area contributed by atoms with Crippen molar-refractivity contribution in [2.45, 2.75) is 13.0 Å². The van der Waals surface area contributed by atoms with Crippen LogP contribution in [-0.2, 0) is 6.54 Å². The Morgan fingerprint density at radius 3 is 2.93 bits per heavy atom. The lowest BCUT2D eigenvalue weighted by molar-refractivity contribution is 0.286. The molecule has 0 bridgehead atoms. The Bertz CT molecular complexity index is 291. The molecule has 0 aromatic carbocycles. The van der Waals surface area contributed by atoms with Crippen LogP contribution >= 0.6 is 0 Å². The number of rotatable bonds is 6. The Kier molecular flexibility index (Phi) is 5.00. The highest BCUT2D eigenvalue weighted by Gasteiger charge is 2.00. The summed E-state index contributed by atoms with van der Waals surface area (Å²) in [6.45, 7) is 1.74. The van der Waals surface area contributed by atoms with Crippen molar-refractivity contribution in [1.29, 1.82) is 0 Å². The smallest absolute Gasteiger partial charge is 0.225 e. The third-order valence-electron chi connectivity index (χ3n) is 1.92. The molecule has 0 fully saturated rings. The Balaban J connectivity index is 2.43. The van der Waals surface area contributed by atoms with E-state index in [2.05, 4.69) is 15.3 Å². The van der Waals surface area contributed by atoms with Gasteiger partial charge in [-0.3, -0.25) is 0 Å². The van der Waals surface area contributed by atoms with E-state index in [1.165, 1.54) is 0 Å². The number of aliphatic hydroxyl groups excluding tert-OH is 1. The standard InChI is InChI=1S/C10H18N4O/c1-14(2)10-12-6-4-9(13-10)8-11-5-3-7-15/h4,6,11,15H,3,5,7-8H2,1-2H3. The van der Waals surface area contributed by atoms with Gasteiger partial charge in [0.25, 0.3) is 0 Å². The maximum Gasteiger partial charge on any atom is 0.225 e. The highest BCUT2D eigenvalue weighted by molar-refractivity contribution is 5.26. The summed E-state index contributed by atoms with van der Waals surface area (Å²) < 4.78 is 0. The molecule has 1 rings (SSSR count). The minimum Gasteiger partial charge on any atom is -0.396 e. The topological polar surface area (TPSA) is 61.3 Å². The minimum atomic E-state index is 0.222. The first-order valence-electron chi connectivity index (χ1n) is 5.05. The van der Waals surface area contributed by atoms with Gasteiger partial charge in [0.2, 0.25) is 5.95 Å². The van der Waals surface area contributed by atoms with Gasteiger partial charge in [-0.15, -0.1) is 0 Å². The van der Waals surface area contributed by atoms with Crippen molar-refractivity contribution in [2.75, 3.05) is 32.1 Å². The summed E-state index contributed by atoms with van der Waals surface area (Å²) in [7, 11) is 3.83. The summed E-state index contributed by atoms with van der Waals surface area (Å²) in [4.78, 5) is 10.4. The van der Waals surface area contributed by atoms with E-state index in [4.69, 9.17) is 5.11 Å². The lowest BCUT2D eigenvalue weighted by Gasteiger charge is -2.10. The van der Waals surface area contributed by atoms with E-state index in [-0.39, 0.29) is 6.61 Å². The van der Waals surface area contributed by atoms with E-state index in [0.29, 0.717) is 6.54 Å². The van der Waals surface area contributed by atoms with E-state index in [9.17, 15) is 0 Å². The maximum absolute atomic E-state index is 8.61. The average molecular weight is 210 g/mol. The summed E-state index contributed by atoms with van der Waals surface area (Å²) in [5.41, 5.74) is 0.964. The van der Waals surface area contributed by atoms with Crippen LogP contribution in [0.1, 0.15) is 12.1 Å². The zero-order valence-electron chi connectivity index (χ0n) is 9.27. The van der Waals surface area contributed by atoms with Gasteiger partial charge in [-0.1, -0.05) is 0 Å². The fourth-order valence-electron chi connectivity index (χ4n) is 1.12. The Hall–Kier alpha value is -1.20. The van der Waals surface area contributed by atoms with E-state index < -0.39 is 0 Å². The Morgan fingerprint density at radius 2 is 2.27 bits per heavy atom. The lowest BCUT2D eigenvalue weighted by atomic mass is 10.4. The second-order valence-corrected chi connectivity index (χ2v) is 3.50. The number of nitrogens with one attached hydrogen (secondary N) is 1. The molecular weight excluding hydrogens is 192 g/mol. The molecular formula is C10H18N4O. The van der Waals surface area contributed by atoms with Crippen LogP contribution in [0.2, 0.25) is 0 Å². The van der Waals surface area contributed by atoms with E-state index in [1.54, 1.807) is 6.20 Å². The zero-order chi connectivity index (χ0) is 11.1. The van der Waals surface area contributed by atoms with Gasteiger partial charge in [-0.25, -0.2) is 9.97 Å². The molecule has 84 valence electrons. The molecule has 0 spiro atoms. The summed E-state index contributed by atoms with van der Waals surface area (Å²) in [6, 6.07) is 1.89. The van der Waals surface area contributed by atoms with Crippen LogP contribution in [0.25, 0.3) is 0 Å². The number of nitrogens with zero attached hydrogens (tertiary/aromatic N) is 3. The molecule has 0 aliphatic carbocycles. The first kappa shape index (κ1) is 11.9. The van der Waals surface area contributed by atoms with Crippen LogP contribution in [0.15, 0.2) is 12.3 Å². The zero-order valence-corrected chi connectivity index (χ0v) is 9.27. The molecule has 0 unspecified atom stereocenters. The summed E-state index contributed by atoms with van der Waals surface area (Å²) in [5, 5.41) is 11.8. The minimum absolute atomic E-state index is 0.222. The first-order chi connectivity index (χ1) is 7.24. The van der Waals surface area contributed by atoms with Gasteiger partial charge < -0.3 is 15.3 Å². The van der Waals surface area contributed by atoms with Crippen molar-refractivity contribution in [1.82, 2.24) is 15.3 Å². The first-order valence-corrected chi connectivity index (χ1v) is 5.05. The van der Waals surface area contributed by atoms with Crippen LogP contribution in [0.3, 0.4) is 0 Å². The predicted molar refractivity (Wildman–Crippen MR) is 59.8 cm³/mol. The van der Waals surface area contributed by atoms with Crippen LogP contribution in [0, 0.1) is 0 Å². The predicted octanol–water partition coefficient (Wildman–Crippen LogP) is 0.0146. The molecule has 5 nitrogen and oxygen atoms in total. The fourth-order valence-corrected chi connectivity index (χ4v) is 1.12. The van der Waals surface area contributed by atoms with Gasteiger partial charge >= 0.3 is 0 Å². The van der Waals surface area contributed by atoms with Gasteiger partial charge in [-0.2, -0.15) is 0 Å². The molecule has 1 aromatic heterocycles. The Morgan fingerprint density at radius 1 is 1.47 bits per heavy atom. The number of aliphatic hydroxyl groups is 1. The molecule has 0 saturated heterocycles. The second kappa shape index (κ2) is 6.31. The molecule has 0 radical (unpaired) electrons. The molecule has 1 heterocycles. The van der Waals surface area contributed by atoms with Crippen molar-refractivity contribution in [2.24, 2.45) is 0 Å². The van der Waals surface area contributed by atoms with Gasteiger partial charge in [0.1, 0.15) is 0 Å². The number of aromatic nitrogens is 2. The molecule has 0 aliphatic heterocycles. The van der Waals surface area contributed by atoms with Crippen molar-refractivity contribution in [3.8, 4) is 0 Å². The fraction of sp³-hybridized carbons (Fsp3) is 0.600. The summed E-state index contributed by atoms with van der Waals surface area (Å²) in [6.07, 6.45) is 2.52. The van der Waals surface area contributed by atoms with Crippen LogP contribution in [0.5, 0.6) is 0 Å². The number of hydrogen-bond acceptors (Lipinski definition) is 5. The molecule has 1 aromatic rings. The van der Waals surface area contributed by atoms with Crippen molar-refractivity contribution >= 4 is 5.95 Å². The van der Waals surface area contributed by atoms with Crippen molar-refractivity contribution < 1.29 is 5.11 Å². The maximum atomic E-state index is 8.61. The van der Waals surface area contributed by atoms with Gasteiger partial charge in [0.15, 0.2) is 0 Å². The third kappa shape index (κ3) is 4.22. The third-order valence-corrected chi connectivity index (χ3v) is 1.92. The molecule has 0 atom stereocenters. The molecule has 0 saturated carbocycles. The van der Waals surface area contributed by atoms with E-state index in [1.807, 2.05) is 25.1 Å². The van der Waals surface area contributed by atoms with Crippen LogP contribution < -0.4 is 10.2 Å². The quantitative estimate of drug-likeness (QED) is 0.648. The number of anilines is 1. The second-order valence-electron chi connectivity index (χ2n) is 3.50. The monoisotopic (exact) mass is 210 g/mol. The molecule has 0 amide bonds. The van der Waals surface area contributed by atoms with Gasteiger partial charge in [-0.05, 0) is 19.0 Å². The molecule has 15 heavy (non-hydrogen) atoms. The SMILES string of the molecule is CN(C)c1nccc(CNCCCO)n1. The number of hydrogen-bond donors (Lipinski definition) is 2. The van der Waals surface area contributed by atoms with Crippen molar-refractivity contribution in [3.05, 3.63) is 18.0 Å². The molecule has 2 N–H and O–H groups in total. The lowest BCUT2D eigenvalue weighted by Crippen LogP contribution is -2.18. The molecule has 0 aliphatic rings.